The SMILES string of the molecule is CS(=O)(=O)OC[C@@]12CN[C@H]([C@H](n3cnc4c(NC(=O)c5ccccc5)ncnc43)O1)[C@@H]2OCc1ccccc1. The number of anilines is 1. The predicted molar refractivity (Wildman–Crippen MR) is 140 cm³/mol. The van der Waals surface area contributed by atoms with Gasteiger partial charge in [0.25, 0.3) is 16.0 Å². The molecule has 0 radical (unpaired) electrons. The van der Waals surface area contributed by atoms with Crippen LogP contribution in [0.1, 0.15) is 22.1 Å². The monoisotopic (exact) mass is 550 g/mol. The number of aromatic nitrogens is 4. The number of morpholine rings is 1. The Labute approximate surface area is 224 Å². The average molecular weight is 551 g/mol. The molecule has 6 rings (SSSR count). The number of hydrogen-bond donors (Lipinski definition) is 2. The molecule has 13 heteroatoms. The molecule has 0 aliphatic carbocycles. The topological polar surface area (TPSA) is 147 Å². The molecular weight excluding hydrogens is 524 g/mol. The Kier molecular flexibility index (Phi) is 6.61. The molecule has 12 nitrogen and oxygen atoms in total. The van der Waals surface area contributed by atoms with Crippen molar-refractivity contribution in [3.63, 3.8) is 0 Å². The number of amides is 1. The molecule has 2 bridgehead atoms. The number of nitrogens with one attached hydrogen (secondary N) is 2. The molecular formula is C26H26N6O6S. The van der Waals surface area contributed by atoms with Crippen molar-refractivity contribution < 1.29 is 26.9 Å². The summed E-state index contributed by atoms with van der Waals surface area (Å²) in [7, 11) is -3.72. The van der Waals surface area contributed by atoms with E-state index in [1.54, 1.807) is 35.2 Å². The standard InChI is InChI=1S/C26H26N6O6S/c1-39(34,35)37-14-26-13-27-19(21(26)36-12-17-8-4-2-5-9-17)25(38-26)32-16-30-20-22(28-15-29-23(20)32)31-24(33)18-10-6-3-7-11-18/h2-11,15-16,19,21,25,27H,12-14H2,1H3,(H,28,29,31,33)/t19-,21-,25+,26+/m0/s1. The Morgan fingerprint density at radius 3 is 2.62 bits per heavy atom. The van der Waals surface area contributed by atoms with Crippen LogP contribution >= 0.6 is 0 Å². The van der Waals surface area contributed by atoms with E-state index in [1.807, 2.05) is 36.4 Å². The summed E-state index contributed by atoms with van der Waals surface area (Å²) in [5, 5.41) is 6.20. The molecule has 2 aliphatic heterocycles. The summed E-state index contributed by atoms with van der Waals surface area (Å²) in [6.45, 7) is 0.428. The maximum atomic E-state index is 12.7. The normalized spacial score (nSPS) is 24.3. The van der Waals surface area contributed by atoms with Crippen molar-refractivity contribution in [1.82, 2.24) is 24.8 Å². The van der Waals surface area contributed by atoms with Crippen LogP contribution in [0.5, 0.6) is 0 Å². The second-order valence-corrected chi connectivity index (χ2v) is 11.2. The summed E-state index contributed by atoms with van der Waals surface area (Å²) in [6.07, 6.45) is 2.74. The Hall–Kier alpha value is -3.75. The van der Waals surface area contributed by atoms with Crippen molar-refractivity contribution in [3.8, 4) is 0 Å². The second kappa shape index (κ2) is 10.1. The fourth-order valence-corrected chi connectivity index (χ4v) is 5.43. The molecule has 4 heterocycles. The summed E-state index contributed by atoms with van der Waals surface area (Å²) in [4.78, 5) is 25.8. The van der Waals surface area contributed by atoms with Crippen molar-refractivity contribution >= 4 is 33.0 Å². The van der Waals surface area contributed by atoms with Gasteiger partial charge in [0, 0.05) is 12.1 Å². The van der Waals surface area contributed by atoms with Crippen LogP contribution in [0.15, 0.2) is 73.3 Å². The van der Waals surface area contributed by atoms with E-state index in [-0.39, 0.29) is 24.4 Å². The first-order valence-electron chi connectivity index (χ1n) is 12.3. The van der Waals surface area contributed by atoms with Gasteiger partial charge in [0.05, 0.1) is 31.8 Å². The maximum absolute atomic E-state index is 12.7. The molecule has 4 aromatic rings. The van der Waals surface area contributed by atoms with Gasteiger partial charge in [-0.3, -0.25) is 13.5 Å². The van der Waals surface area contributed by atoms with Crippen molar-refractivity contribution in [1.29, 1.82) is 0 Å². The van der Waals surface area contributed by atoms with Crippen LogP contribution in [-0.2, 0) is 30.4 Å². The van der Waals surface area contributed by atoms with Crippen LogP contribution in [0.25, 0.3) is 11.2 Å². The second-order valence-electron chi connectivity index (χ2n) is 9.53. The largest absolute Gasteiger partial charge is 0.369 e. The Morgan fingerprint density at radius 1 is 1.13 bits per heavy atom. The smallest absolute Gasteiger partial charge is 0.264 e. The van der Waals surface area contributed by atoms with E-state index < -0.39 is 28.1 Å². The first-order valence-corrected chi connectivity index (χ1v) is 14.1. The third-order valence-corrected chi connectivity index (χ3v) is 7.38. The number of benzene rings is 2. The van der Waals surface area contributed by atoms with Crippen LogP contribution in [0, 0.1) is 0 Å². The van der Waals surface area contributed by atoms with Crippen molar-refractivity contribution in [2.24, 2.45) is 0 Å². The highest BCUT2D eigenvalue weighted by Crippen LogP contribution is 2.45. The summed E-state index contributed by atoms with van der Waals surface area (Å²) in [6, 6.07) is 18.1. The molecule has 0 unspecified atom stereocenters. The highest BCUT2D eigenvalue weighted by atomic mass is 32.2. The third kappa shape index (κ3) is 5.02. The highest BCUT2D eigenvalue weighted by molar-refractivity contribution is 7.85. The zero-order valence-electron chi connectivity index (χ0n) is 20.9. The molecule has 202 valence electrons. The molecule has 2 aromatic heterocycles. The lowest BCUT2D eigenvalue weighted by molar-refractivity contribution is -0.135. The molecule has 2 fully saturated rings. The molecule has 1 amide bonds. The number of nitrogens with zero attached hydrogens (tertiary/aromatic N) is 4. The molecule has 4 atom stereocenters. The van der Waals surface area contributed by atoms with Crippen LogP contribution in [0.3, 0.4) is 0 Å². The third-order valence-electron chi connectivity index (χ3n) is 6.83. The number of carbonyl (C=O) groups excluding carboxylic acids is 1. The molecule has 0 saturated carbocycles. The van der Waals surface area contributed by atoms with Gasteiger partial charge in [0.15, 0.2) is 23.2 Å². The summed E-state index contributed by atoms with van der Waals surface area (Å²) < 4.78 is 43.4. The van der Waals surface area contributed by atoms with Gasteiger partial charge in [-0.2, -0.15) is 8.42 Å². The van der Waals surface area contributed by atoms with Crippen molar-refractivity contribution in [2.75, 3.05) is 24.7 Å². The molecule has 0 spiro atoms. The van der Waals surface area contributed by atoms with Gasteiger partial charge in [-0.1, -0.05) is 48.5 Å². The first-order chi connectivity index (χ1) is 18.8. The van der Waals surface area contributed by atoms with Gasteiger partial charge in [0.1, 0.15) is 18.0 Å². The molecule has 2 aliphatic rings. The fourth-order valence-electron chi connectivity index (χ4n) is 5.02. The number of imidazole rings is 1. The van der Waals surface area contributed by atoms with Gasteiger partial charge in [0.2, 0.25) is 0 Å². The zero-order valence-corrected chi connectivity index (χ0v) is 21.7. The van der Waals surface area contributed by atoms with Crippen molar-refractivity contribution in [2.45, 2.75) is 30.6 Å². The van der Waals surface area contributed by atoms with E-state index in [9.17, 15) is 13.2 Å². The summed E-state index contributed by atoms with van der Waals surface area (Å²) in [5.74, 6) is -0.0649. The average Bonchev–Trinajstić information content (AvgIpc) is 3.62. The maximum Gasteiger partial charge on any atom is 0.264 e. The lowest BCUT2D eigenvalue weighted by atomic mass is 10.00. The molecule has 2 N–H and O–H groups in total. The van der Waals surface area contributed by atoms with Crippen LogP contribution in [0.2, 0.25) is 0 Å². The van der Waals surface area contributed by atoms with Crippen LogP contribution < -0.4 is 10.6 Å². The van der Waals surface area contributed by atoms with Crippen LogP contribution in [-0.4, -0.2) is 71.0 Å². The minimum Gasteiger partial charge on any atom is -0.369 e. The minimum absolute atomic E-state index is 0.217. The quantitative estimate of drug-likeness (QED) is 0.296. The van der Waals surface area contributed by atoms with Gasteiger partial charge < -0.3 is 20.1 Å². The van der Waals surface area contributed by atoms with E-state index in [4.69, 9.17) is 13.7 Å². The number of carbonyl (C=O) groups is 1. The van der Waals surface area contributed by atoms with E-state index in [1.165, 1.54) is 6.33 Å². The number of hydrogen-bond acceptors (Lipinski definition) is 10. The Balaban J connectivity index is 1.29. The van der Waals surface area contributed by atoms with Gasteiger partial charge >= 0.3 is 0 Å². The van der Waals surface area contributed by atoms with Gasteiger partial charge in [-0.25, -0.2) is 15.0 Å². The molecule has 39 heavy (non-hydrogen) atoms. The number of fused-ring (bicyclic) bond motifs is 3. The molecule has 2 saturated heterocycles. The first kappa shape index (κ1) is 25.5. The Morgan fingerprint density at radius 2 is 1.87 bits per heavy atom. The summed E-state index contributed by atoms with van der Waals surface area (Å²) in [5.41, 5.74) is 1.21. The minimum atomic E-state index is -3.72. The van der Waals surface area contributed by atoms with E-state index >= 15 is 0 Å². The fraction of sp³-hybridized carbons (Fsp3) is 0.308. The highest BCUT2D eigenvalue weighted by Gasteiger charge is 2.62. The predicted octanol–water partition coefficient (Wildman–Crippen LogP) is 1.88. The molecule has 2 aromatic carbocycles. The zero-order chi connectivity index (χ0) is 27.0. The number of rotatable bonds is 9. The van der Waals surface area contributed by atoms with E-state index in [0.29, 0.717) is 29.9 Å². The van der Waals surface area contributed by atoms with Gasteiger partial charge in [-0.05, 0) is 17.7 Å². The van der Waals surface area contributed by atoms with Gasteiger partial charge in [-0.15, -0.1) is 0 Å². The van der Waals surface area contributed by atoms with Crippen molar-refractivity contribution in [3.05, 3.63) is 84.4 Å². The van der Waals surface area contributed by atoms with Crippen LogP contribution in [0.4, 0.5) is 5.82 Å². The summed E-state index contributed by atoms with van der Waals surface area (Å²) >= 11 is 0. The lowest BCUT2D eigenvalue weighted by Gasteiger charge is -2.31. The number of ether oxygens (including phenoxy) is 2. The van der Waals surface area contributed by atoms with E-state index in [0.717, 1.165) is 11.8 Å². The van der Waals surface area contributed by atoms with E-state index in [2.05, 4.69) is 25.6 Å². The lowest BCUT2D eigenvalue weighted by Crippen LogP contribution is -2.48. The Bertz CT molecular complexity index is 1600.